The van der Waals surface area contributed by atoms with Crippen LogP contribution in [0.15, 0.2) is 12.1 Å². The molecule has 1 rings (SSSR count). The average Bonchev–Trinajstić information content (AvgIpc) is 3.09. The number of carbonyl (C=O) groups is 1. The molecule has 1 aromatic heterocycles. The minimum atomic E-state index is 0. The van der Waals surface area contributed by atoms with E-state index in [1.54, 1.807) is 0 Å². The van der Waals surface area contributed by atoms with Crippen LogP contribution in [0.5, 0.6) is 5.06 Å². The number of aliphatic hydroxyl groups excluding tert-OH is 1. The molecule has 0 bridgehead atoms. The average molecular weight is 469 g/mol. The summed E-state index contributed by atoms with van der Waals surface area (Å²) in [7, 11) is 1.00. The number of hydrogen-bond donors (Lipinski definition) is 1. The molecule has 0 unspecified atom stereocenters. The van der Waals surface area contributed by atoms with E-state index in [4.69, 9.17) is 9.84 Å². The summed E-state index contributed by atoms with van der Waals surface area (Å²) < 4.78 is 5.64. The molecule has 142 valence electrons. The second-order valence-corrected chi connectivity index (χ2v) is 7.09. The largest absolute Gasteiger partial charge is 0.484 e. The number of aldehydes is 1. The zero-order chi connectivity index (χ0) is 17.9. The van der Waals surface area contributed by atoms with Crippen molar-refractivity contribution in [1.29, 1.82) is 0 Å². The third-order valence-corrected chi connectivity index (χ3v) is 4.88. The predicted octanol–water partition coefficient (Wildman–Crippen LogP) is 6.25. The van der Waals surface area contributed by atoms with Crippen LogP contribution in [0.4, 0.5) is 0 Å². The number of aliphatic hydroxyl groups is 1. The number of ether oxygens (including phenoxy) is 1. The molecule has 0 amide bonds. The van der Waals surface area contributed by atoms with E-state index in [2.05, 4.69) is 6.92 Å². The first-order chi connectivity index (χ1) is 11.9. The molecule has 0 aliphatic rings. The standard InChI is InChI=1S/C19H32O2S.CH4O.Cd/c1-2-3-4-5-6-7-8-9-10-11-12-13-16-21-19-15-14-18(17-20)22-19;1-2;/h14-15,17H,2-13,16H2,1H3;2H,1H3;. The van der Waals surface area contributed by atoms with Crippen LogP contribution < -0.4 is 4.74 Å². The first-order valence-corrected chi connectivity index (χ1v) is 10.3. The normalized spacial score (nSPS) is 9.72. The molecular formula is C20H36CdO3S. The van der Waals surface area contributed by atoms with Gasteiger partial charge in [0, 0.05) is 34.4 Å². The van der Waals surface area contributed by atoms with Gasteiger partial charge >= 0.3 is 0 Å². The van der Waals surface area contributed by atoms with Crippen molar-refractivity contribution in [3.8, 4) is 5.06 Å². The van der Waals surface area contributed by atoms with Gasteiger partial charge in [0.05, 0.1) is 11.5 Å². The van der Waals surface area contributed by atoms with Crippen molar-refractivity contribution in [2.45, 2.75) is 84.0 Å². The van der Waals surface area contributed by atoms with Crippen LogP contribution in [0.2, 0.25) is 0 Å². The van der Waals surface area contributed by atoms with Gasteiger partial charge in [0.2, 0.25) is 0 Å². The molecule has 25 heavy (non-hydrogen) atoms. The van der Waals surface area contributed by atoms with E-state index < -0.39 is 0 Å². The third kappa shape index (κ3) is 17.2. The van der Waals surface area contributed by atoms with Gasteiger partial charge in [0.25, 0.3) is 0 Å². The van der Waals surface area contributed by atoms with Gasteiger partial charge < -0.3 is 9.84 Å². The van der Waals surface area contributed by atoms with Gasteiger partial charge in [-0.2, -0.15) is 0 Å². The van der Waals surface area contributed by atoms with Crippen molar-refractivity contribution >= 4 is 17.6 Å². The summed E-state index contributed by atoms with van der Waals surface area (Å²) in [6, 6.07) is 3.70. The number of rotatable bonds is 15. The number of thiophene rings is 1. The quantitative estimate of drug-likeness (QED) is 0.188. The van der Waals surface area contributed by atoms with Crippen molar-refractivity contribution in [1.82, 2.24) is 0 Å². The molecule has 0 saturated carbocycles. The van der Waals surface area contributed by atoms with Gasteiger partial charge in [-0.3, -0.25) is 4.79 Å². The van der Waals surface area contributed by atoms with Crippen molar-refractivity contribution in [2.24, 2.45) is 0 Å². The molecule has 1 aromatic rings. The van der Waals surface area contributed by atoms with Crippen molar-refractivity contribution in [2.75, 3.05) is 13.7 Å². The summed E-state index contributed by atoms with van der Waals surface area (Å²) in [5, 5.41) is 7.87. The zero-order valence-corrected chi connectivity index (χ0v) is 21.2. The Balaban J connectivity index is 0. The molecule has 0 aliphatic carbocycles. The predicted molar refractivity (Wildman–Crippen MR) is 104 cm³/mol. The fourth-order valence-electron chi connectivity index (χ4n) is 2.59. The molecule has 5 heteroatoms. The van der Waals surface area contributed by atoms with Crippen LogP contribution in [0.1, 0.15) is 93.6 Å². The first kappa shape index (κ1) is 27.3. The Hall–Kier alpha value is 0.0521. The third-order valence-electron chi connectivity index (χ3n) is 3.96. The topological polar surface area (TPSA) is 46.5 Å². The first-order valence-electron chi connectivity index (χ1n) is 9.49. The van der Waals surface area contributed by atoms with Gasteiger partial charge in [0.1, 0.15) is 0 Å². The van der Waals surface area contributed by atoms with Crippen molar-refractivity contribution in [3.05, 3.63) is 17.0 Å². The van der Waals surface area contributed by atoms with Crippen LogP contribution in [-0.4, -0.2) is 25.1 Å². The number of carbonyl (C=O) groups excluding carboxylic acids is 1. The molecular weight excluding hydrogens is 433 g/mol. The molecule has 0 aromatic carbocycles. The zero-order valence-electron chi connectivity index (χ0n) is 16.3. The van der Waals surface area contributed by atoms with Gasteiger partial charge in [0.15, 0.2) is 11.3 Å². The Kier molecular flexibility index (Phi) is 24.1. The maximum Gasteiger partial charge on any atom is 0.174 e. The molecule has 0 fully saturated rings. The van der Waals surface area contributed by atoms with Crippen LogP contribution in [0, 0.1) is 0 Å². The van der Waals surface area contributed by atoms with Gasteiger partial charge in [-0.05, 0) is 18.6 Å². The number of unbranched alkanes of at least 4 members (excludes halogenated alkanes) is 11. The molecule has 0 aliphatic heterocycles. The van der Waals surface area contributed by atoms with E-state index in [0.29, 0.717) is 0 Å². The van der Waals surface area contributed by atoms with E-state index in [0.717, 1.165) is 36.4 Å². The molecule has 3 nitrogen and oxygen atoms in total. The van der Waals surface area contributed by atoms with Crippen LogP contribution in [0.25, 0.3) is 0 Å². The van der Waals surface area contributed by atoms with Crippen LogP contribution >= 0.6 is 11.3 Å². The SMILES string of the molecule is CCCCCCCCCCCCCCOc1ccc(C=O)s1.CO.[Cd]. The maximum atomic E-state index is 10.6. The number of hydrogen-bond acceptors (Lipinski definition) is 4. The Morgan fingerprint density at radius 2 is 1.36 bits per heavy atom. The second kappa shape index (κ2) is 22.1. The van der Waals surface area contributed by atoms with Crippen molar-refractivity contribution < 1.29 is 41.9 Å². The van der Waals surface area contributed by atoms with E-state index >= 15 is 0 Å². The summed E-state index contributed by atoms with van der Waals surface area (Å²) in [5.41, 5.74) is 0. The summed E-state index contributed by atoms with van der Waals surface area (Å²) in [5.74, 6) is 0. The molecule has 0 spiro atoms. The monoisotopic (exact) mass is 470 g/mol. The minimum absolute atomic E-state index is 0. The van der Waals surface area contributed by atoms with Crippen LogP contribution in [0.3, 0.4) is 0 Å². The summed E-state index contributed by atoms with van der Waals surface area (Å²) in [4.78, 5) is 11.3. The Bertz CT molecular complexity index is 383. The fraction of sp³-hybridized carbons (Fsp3) is 0.750. The van der Waals surface area contributed by atoms with E-state index in [-0.39, 0.29) is 27.3 Å². The summed E-state index contributed by atoms with van der Waals surface area (Å²) in [6.07, 6.45) is 17.2. The van der Waals surface area contributed by atoms with E-state index in [1.165, 1.54) is 82.0 Å². The molecule has 1 heterocycles. The molecule has 0 saturated heterocycles. The van der Waals surface area contributed by atoms with Gasteiger partial charge in [-0.15, -0.1) is 0 Å². The Morgan fingerprint density at radius 3 is 1.80 bits per heavy atom. The maximum absolute atomic E-state index is 10.6. The van der Waals surface area contributed by atoms with Gasteiger partial charge in [-0.1, -0.05) is 88.9 Å². The van der Waals surface area contributed by atoms with E-state index in [1.807, 2.05) is 12.1 Å². The fourth-order valence-corrected chi connectivity index (χ4v) is 3.29. The van der Waals surface area contributed by atoms with E-state index in [9.17, 15) is 4.79 Å². The smallest absolute Gasteiger partial charge is 0.174 e. The van der Waals surface area contributed by atoms with Crippen molar-refractivity contribution in [3.63, 3.8) is 0 Å². The summed E-state index contributed by atoms with van der Waals surface area (Å²) >= 11 is 1.43. The molecule has 0 radical (unpaired) electrons. The molecule has 0 atom stereocenters. The second-order valence-electron chi connectivity index (χ2n) is 6.01. The molecule has 1 N–H and O–H groups in total. The Labute approximate surface area is 178 Å². The Morgan fingerprint density at radius 1 is 0.880 bits per heavy atom. The van der Waals surface area contributed by atoms with Gasteiger partial charge in [-0.25, -0.2) is 0 Å². The minimum Gasteiger partial charge on any atom is -0.484 e. The van der Waals surface area contributed by atoms with Crippen LogP contribution in [-0.2, 0) is 27.3 Å². The summed E-state index contributed by atoms with van der Waals surface area (Å²) in [6.45, 7) is 3.05.